The van der Waals surface area contributed by atoms with Gasteiger partial charge >= 0.3 is 5.97 Å². The Kier molecular flexibility index (Phi) is 7.77. The third-order valence-corrected chi connectivity index (χ3v) is 6.47. The fourth-order valence-corrected chi connectivity index (χ4v) is 4.34. The van der Waals surface area contributed by atoms with Gasteiger partial charge in [-0.15, -0.1) is 0 Å². The molecule has 3 aromatic rings. The van der Waals surface area contributed by atoms with Crippen LogP contribution in [0.5, 0.6) is 11.5 Å². The molecule has 0 aromatic heterocycles. The number of ether oxygens (including phenoxy) is 2. The molecule has 0 heterocycles. The van der Waals surface area contributed by atoms with Crippen LogP contribution in [0, 0.1) is 5.92 Å². The first kappa shape index (κ1) is 24.7. The second kappa shape index (κ2) is 10.4. The number of hydrogen-bond donors (Lipinski definition) is 1. The van der Waals surface area contributed by atoms with Gasteiger partial charge in [0.15, 0.2) is 0 Å². The van der Waals surface area contributed by atoms with Crippen LogP contribution in [0.3, 0.4) is 0 Å². The van der Waals surface area contributed by atoms with E-state index < -0.39 is 11.5 Å². The van der Waals surface area contributed by atoms with Gasteiger partial charge in [-0.05, 0) is 73.6 Å². The predicted octanol–water partition coefficient (Wildman–Crippen LogP) is 5.35. The van der Waals surface area contributed by atoms with E-state index in [1.54, 1.807) is 19.2 Å². The number of carbonyl (C=O) groups excluding carboxylic acids is 1. The number of hydrogen-bond acceptors (Lipinski definition) is 5. The van der Waals surface area contributed by atoms with Gasteiger partial charge in [0, 0.05) is 12.5 Å². The van der Waals surface area contributed by atoms with Gasteiger partial charge in [0.05, 0.1) is 18.6 Å². The molecule has 0 saturated heterocycles. The third kappa shape index (κ3) is 5.55. The maximum atomic E-state index is 12.9. The molecule has 0 aliphatic rings. The molecule has 0 fully saturated rings. The Morgan fingerprint density at radius 2 is 1.70 bits per heavy atom. The second-order valence-corrected chi connectivity index (χ2v) is 9.08. The summed E-state index contributed by atoms with van der Waals surface area (Å²) in [7, 11) is 5.64. The van der Waals surface area contributed by atoms with E-state index >= 15 is 0 Å². The zero-order chi connectivity index (χ0) is 24.2. The van der Waals surface area contributed by atoms with Crippen LogP contribution < -0.4 is 9.47 Å². The zero-order valence-electron chi connectivity index (χ0n) is 20.5. The maximum Gasteiger partial charge on any atom is 0.318 e. The van der Waals surface area contributed by atoms with Crippen LogP contribution in [0.2, 0.25) is 0 Å². The Labute approximate surface area is 196 Å². The van der Waals surface area contributed by atoms with Crippen molar-refractivity contribution in [1.82, 2.24) is 4.90 Å². The molecule has 33 heavy (non-hydrogen) atoms. The molecule has 0 unspecified atom stereocenters. The lowest BCUT2D eigenvalue weighted by molar-refractivity contribution is -0.135. The minimum absolute atomic E-state index is 0.0126. The average molecular weight is 450 g/mol. The highest BCUT2D eigenvalue weighted by Gasteiger charge is 2.34. The summed E-state index contributed by atoms with van der Waals surface area (Å²) >= 11 is 0. The molecule has 3 atom stereocenters. The molecule has 3 rings (SSSR count). The average Bonchev–Trinajstić information content (AvgIpc) is 2.81. The number of aliphatic hydroxyl groups is 1. The Morgan fingerprint density at radius 1 is 1.00 bits per heavy atom. The van der Waals surface area contributed by atoms with Crippen LogP contribution in [0.4, 0.5) is 0 Å². The first-order valence-corrected chi connectivity index (χ1v) is 11.4. The summed E-state index contributed by atoms with van der Waals surface area (Å²) in [5.41, 5.74) is 0.646. The van der Waals surface area contributed by atoms with Crippen molar-refractivity contribution in [2.24, 2.45) is 5.92 Å². The molecule has 0 radical (unpaired) electrons. The topological polar surface area (TPSA) is 59.0 Å². The lowest BCUT2D eigenvalue weighted by atomic mass is 9.80. The number of rotatable bonds is 9. The molecule has 0 amide bonds. The summed E-state index contributed by atoms with van der Waals surface area (Å²) in [6.07, 6.45) is 0.567. The van der Waals surface area contributed by atoms with Gasteiger partial charge in [-0.25, -0.2) is 0 Å². The van der Waals surface area contributed by atoms with Crippen molar-refractivity contribution in [3.05, 3.63) is 71.8 Å². The molecule has 1 N–H and O–H groups in total. The lowest BCUT2D eigenvalue weighted by Gasteiger charge is -2.35. The standard InChI is InChI=1S/C28H35NO4/c1-7-28(31,19(2)18-29(4)5)24-9-8-10-26(17-24)33-27(30)20(3)21-11-12-23-16-25(32-6)14-13-22(23)15-21/h8-17,19-20,31H,7,18H2,1-6H3/t19-,20+,28-/m1/s1. The maximum absolute atomic E-state index is 12.9. The Bertz CT molecular complexity index is 1110. The highest BCUT2D eigenvalue weighted by Crippen LogP contribution is 2.35. The molecular weight excluding hydrogens is 414 g/mol. The summed E-state index contributed by atoms with van der Waals surface area (Å²) in [4.78, 5) is 15.0. The number of esters is 1. The van der Waals surface area contributed by atoms with E-state index in [0.29, 0.717) is 12.2 Å². The van der Waals surface area contributed by atoms with E-state index in [4.69, 9.17) is 9.47 Å². The van der Waals surface area contributed by atoms with E-state index in [0.717, 1.165) is 34.2 Å². The predicted molar refractivity (Wildman–Crippen MR) is 133 cm³/mol. The Hall–Kier alpha value is -2.89. The molecule has 0 aliphatic carbocycles. The van der Waals surface area contributed by atoms with Gasteiger partial charge in [-0.2, -0.15) is 0 Å². The molecule has 0 saturated carbocycles. The quantitative estimate of drug-likeness (QED) is 0.352. The molecule has 5 nitrogen and oxygen atoms in total. The molecule has 0 aliphatic heterocycles. The Balaban J connectivity index is 1.79. The van der Waals surface area contributed by atoms with Crippen LogP contribution in [0.15, 0.2) is 60.7 Å². The van der Waals surface area contributed by atoms with Crippen molar-refractivity contribution in [2.75, 3.05) is 27.7 Å². The molecule has 5 heteroatoms. The monoisotopic (exact) mass is 449 g/mol. The lowest BCUT2D eigenvalue weighted by Crippen LogP contribution is -2.38. The van der Waals surface area contributed by atoms with E-state index in [9.17, 15) is 9.90 Å². The third-order valence-electron chi connectivity index (χ3n) is 6.47. The van der Waals surface area contributed by atoms with Crippen molar-refractivity contribution >= 4 is 16.7 Å². The largest absolute Gasteiger partial charge is 0.497 e. The van der Waals surface area contributed by atoms with Crippen molar-refractivity contribution < 1.29 is 19.4 Å². The van der Waals surface area contributed by atoms with Crippen molar-refractivity contribution in [2.45, 2.75) is 38.7 Å². The molecule has 0 bridgehead atoms. The summed E-state index contributed by atoms with van der Waals surface area (Å²) in [5.74, 6) is 0.492. The summed E-state index contributed by atoms with van der Waals surface area (Å²) < 4.78 is 11.0. The van der Waals surface area contributed by atoms with Crippen LogP contribution in [0.25, 0.3) is 10.8 Å². The fraction of sp³-hybridized carbons (Fsp3) is 0.393. The van der Waals surface area contributed by atoms with Gasteiger partial charge in [0.2, 0.25) is 0 Å². The molecule has 176 valence electrons. The van der Waals surface area contributed by atoms with Crippen molar-refractivity contribution in [3.8, 4) is 11.5 Å². The van der Waals surface area contributed by atoms with Crippen LogP contribution >= 0.6 is 0 Å². The number of fused-ring (bicyclic) bond motifs is 1. The normalized spacial score (nSPS) is 15.2. The van der Waals surface area contributed by atoms with Gasteiger partial charge < -0.3 is 19.5 Å². The minimum atomic E-state index is -1.00. The van der Waals surface area contributed by atoms with E-state index in [2.05, 4.69) is 4.90 Å². The number of benzene rings is 3. The van der Waals surface area contributed by atoms with Crippen molar-refractivity contribution in [3.63, 3.8) is 0 Å². The van der Waals surface area contributed by atoms with Crippen LogP contribution in [-0.4, -0.2) is 43.7 Å². The molecular formula is C28H35NO4. The highest BCUT2D eigenvalue weighted by atomic mass is 16.5. The van der Waals surface area contributed by atoms with E-state index in [1.165, 1.54) is 0 Å². The van der Waals surface area contributed by atoms with Crippen molar-refractivity contribution in [1.29, 1.82) is 0 Å². The van der Waals surface area contributed by atoms with Gasteiger partial charge in [0.1, 0.15) is 11.5 Å². The minimum Gasteiger partial charge on any atom is -0.497 e. The zero-order valence-corrected chi connectivity index (χ0v) is 20.5. The van der Waals surface area contributed by atoms with Gasteiger partial charge in [-0.1, -0.05) is 50.2 Å². The van der Waals surface area contributed by atoms with E-state index in [1.807, 2.05) is 83.4 Å². The summed E-state index contributed by atoms with van der Waals surface area (Å²) in [6.45, 7) is 6.61. The van der Waals surface area contributed by atoms with Crippen LogP contribution in [0.1, 0.15) is 44.2 Å². The number of nitrogens with zero attached hydrogens (tertiary/aromatic N) is 1. The van der Waals surface area contributed by atoms with Gasteiger partial charge in [0.25, 0.3) is 0 Å². The smallest absolute Gasteiger partial charge is 0.318 e. The van der Waals surface area contributed by atoms with Gasteiger partial charge in [-0.3, -0.25) is 4.79 Å². The first-order valence-electron chi connectivity index (χ1n) is 11.4. The number of carbonyl (C=O) groups is 1. The number of methoxy groups -OCH3 is 1. The first-order chi connectivity index (χ1) is 15.7. The SMILES string of the molecule is CC[C@](O)(c1cccc(OC(=O)[C@@H](C)c2ccc3cc(OC)ccc3c2)c1)[C@H](C)CN(C)C. The summed E-state index contributed by atoms with van der Waals surface area (Å²) in [6, 6.07) is 19.1. The van der Waals surface area contributed by atoms with E-state index in [-0.39, 0.29) is 11.9 Å². The molecule has 3 aromatic carbocycles. The molecule has 0 spiro atoms. The second-order valence-electron chi connectivity index (χ2n) is 9.08. The van der Waals surface area contributed by atoms with Crippen LogP contribution in [-0.2, 0) is 10.4 Å². The Morgan fingerprint density at radius 3 is 2.36 bits per heavy atom. The fourth-order valence-electron chi connectivity index (χ4n) is 4.34. The summed E-state index contributed by atoms with van der Waals surface area (Å²) in [5, 5.41) is 13.5. The highest BCUT2D eigenvalue weighted by molar-refractivity contribution is 5.87.